The van der Waals surface area contributed by atoms with Gasteiger partial charge in [-0.05, 0) is 19.2 Å². The molecule has 1 atom stereocenters. The van der Waals surface area contributed by atoms with Crippen molar-refractivity contribution in [2.75, 3.05) is 47.6 Å². The topological polar surface area (TPSA) is 60.0 Å². The van der Waals surface area contributed by atoms with Gasteiger partial charge in [0.05, 0.1) is 26.9 Å². The Bertz CT molecular complexity index is 493. The second kappa shape index (κ2) is 7.28. The van der Waals surface area contributed by atoms with Crippen LogP contribution in [0.5, 0.6) is 11.5 Å². The Hall–Kier alpha value is -1.79. The Morgan fingerprint density at radius 2 is 2.19 bits per heavy atom. The molecule has 1 aliphatic heterocycles. The van der Waals surface area contributed by atoms with Crippen LogP contribution < -0.4 is 14.8 Å². The summed E-state index contributed by atoms with van der Waals surface area (Å²) in [6, 6.07) is 5.70. The van der Waals surface area contributed by atoms with Crippen LogP contribution in [0.2, 0.25) is 0 Å². The summed E-state index contributed by atoms with van der Waals surface area (Å²) >= 11 is 0. The zero-order chi connectivity index (χ0) is 15.2. The van der Waals surface area contributed by atoms with Gasteiger partial charge in [0, 0.05) is 24.7 Å². The SMILES string of the molecule is CNC(CN1CCOCC1=O)c1ccc(OC)cc1OC. The molecule has 0 aromatic heterocycles. The van der Waals surface area contributed by atoms with E-state index in [-0.39, 0.29) is 18.6 Å². The maximum atomic E-state index is 11.9. The van der Waals surface area contributed by atoms with E-state index in [2.05, 4.69) is 5.32 Å². The Labute approximate surface area is 125 Å². The van der Waals surface area contributed by atoms with Crippen LogP contribution in [0.15, 0.2) is 18.2 Å². The van der Waals surface area contributed by atoms with Crippen LogP contribution >= 0.6 is 0 Å². The number of morpholine rings is 1. The van der Waals surface area contributed by atoms with Gasteiger partial charge >= 0.3 is 0 Å². The van der Waals surface area contributed by atoms with E-state index >= 15 is 0 Å². The summed E-state index contributed by atoms with van der Waals surface area (Å²) in [6.07, 6.45) is 0. The molecular weight excluding hydrogens is 272 g/mol. The largest absolute Gasteiger partial charge is 0.497 e. The third kappa shape index (κ3) is 3.65. The molecule has 0 spiro atoms. The minimum absolute atomic E-state index is 0.00657. The fourth-order valence-electron chi connectivity index (χ4n) is 2.42. The second-order valence-corrected chi connectivity index (χ2v) is 4.84. The lowest BCUT2D eigenvalue weighted by atomic mass is 10.0. The number of rotatable bonds is 6. The molecule has 1 N–H and O–H groups in total. The average Bonchev–Trinajstić information content (AvgIpc) is 2.53. The molecule has 0 bridgehead atoms. The van der Waals surface area contributed by atoms with Crippen molar-refractivity contribution >= 4 is 5.91 Å². The second-order valence-electron chi connectivity index (χ2n) is 4.84. The van der Waals surface area contributed by atoms with Crippen molar-refractivity contribution in [3.8, 4) is 11.5 Å². The summed E-state index contributed by atoms with van der Waals surface area (Å²) in [5, 5.41) is 3.24. The minimum atomic E-state index is -0.00657. The van der Waals surface area contributed by atoms with E-state index in [9.17, 15) is 4.79 Å². The first kappa shape index (κ1) is 15.6. The van der Waals surface area contributed by atoms with Crippen molar-refractivity contribution in [2.24, 2.45) is 0 Å². The number of carbonyl (C=O) groups excluding carboxylic acids is 1. The van der Waals surface area contributed by atoms with Gasteiger partial charge in [-0.3, -0.25) is 4.79 Å². The fourth-order valence-corrected chi connectivity index (χ4v) is 2.42. The van der Waals surface area contributed by atoms with Crippen molar-refractivity contribution < 1.29 is 19.0 Å². The van der Waals surface area contributed by atoms with Gasteiger partial charge in [0.25, 0.3) is 0 Å². The molecule has 116 valence electrons. The number of carbonyl (C=O) groups is 1. The van der Waals surface area contributed by atoms with E-state index < -0.39 is 0 Å². The van der Waals surface area contributed by atoms with Crippen LogP contribution in [0.25, 0.3) is 0 Å². The van der Waals surface area contributed by atoms with E-state index in [1.54, 1.807) is 14.2 Å². The maximum Gasteiger partial charge on any atom is 0.248 e. The molecule has 2 rings (SSSR count). The molecule has 21 heavy (non-hydrogen) atoms. The van der Waals surface area contributed by atoms with Gasteiger partial charge in [-0.2, -0.15) is 0 Å². The normalized spacial score (nSPS) is 16.7. The summed E-state index contributed by atoms with van der Waals surface area (Å²) in [6.45, 7) is 1.95. The third-order valence-corrected chi connectivity index (χ3v) is 3.65. The first-order chi connectivity index (χ1) is 10.2. The van der Waals surface area contributed by atoms with Gasteiger partial charge < -0.3 is 24.4 Å². The molecule has 0 radical (unpaired) electrons. The number of amides is 1. The van der Waals surface area contributed by atoms with Crippen LogP contribution in [-0.2, 0) is 9.53 Å². The van der Waals surface area contributed by atoms with Crippen LogP contribution in [0.3, 0.4) is 0 Å². The predicted molar refractivity (Wildman–Crippen MR) is 78.7 cm³/mol. The molecule has 6 nitrogen and oxygen atoms in total. The number of ether oxygens (including phenoxy) is 3. The first-order valence-corrected chi connectivity index (χ1v) is 6.94. The summed E-state index contributed by atoms with van der Waals surface area (Å²) < 4.78 is 15.8. The highest BCUT2D eigenvalue weighted by atomic mass is 16.5. The Balaban J connectivity index is 2.18. The van der Waals surface area contributed by atoms with Crippen LogP contribution in [0.1, 0.15) is 11.6 Å². The molecule has 1 aromatic carbocycles. The van der Waals surface area contributed by atoms with Crippen LogP contribution in [0.4, 0.5) is 0 Å². The van der Waals surface area contributed by atoms with Gasteiger partial charge in [-0.1, -0.05) is 0 Å². The van der Waals surface area contributed by atoms with Crippen molar-refractivity contribution in [3.05, 3.63) is 23.8 Å². The van der Waals surface area contributed by atoms with Gasteiger partial charge in [0.15, 0.2) is 0 Å². The smallest absolute Gasteiger partial charge is 0.248 e. The zero-order valence-corrected chi connectivity index (χ0v) is 12.7. The molecular formula is C15H22N2O4. The molecule has 1 saturated heterocycles. The number of benzene rings is 1. The van der Waals surface area contributed by atoms with Crippen LogP contribution in [-0.4, -0.2) is 58.4 Å². The van der Waals surface area contributed by atoms with Gasteiger partial charge in [0.1, 0.15) is 18.1 Å². The minimum Gasteiger partial charge on any atom is -0.497 e. The molecule has 6 heteroatoms. The van der Waals surface area contributed by atoms with Crippen molar-refractivity contribution in [3.63, 3.8) is 0 Å². The van der Waals surface area contributed by atoms with E-state index in [0.29, 0.717) is 19.7 Å². The quantitative estimate of drug-likeness (QED) is 0.842. The Morgan fingerprint density at radius 1 is 1.38 bits per heavy atom. The van der Waals surface area contributed by atoms with Crippen molar-refractivity contribution in [1.29, 1.82) is 0 Å². The number of likely N-dealkylation sites (N-methyl/N-ethyl adjacent to an activating group) is 1. The number of methoxy groups -OCH3 is 2. The van der Waals surface area contributed by atoms with E-state index in [1.807, 2.05) is 30.1 Å². The van der Waals surface area contributed by atoms with Gasteiger partial charge in [-0.15, -0.1) is 0 Å². The number of nitrogens with zero attached hydrogens (tertiary/aromatic N) is 1. The maximum absolute atomic E-state index is 11.9. The number of hydrogen-bond acceptors (Lipinski definition) is 5. The molecule has 1 amide bonds. The molecule has 1 aromatic rings. The summed E-state index contributed by atoms with van der Waals surface area (Å²) in [5.74, 6) is 1.51. The Morgan fingerprint density at radius 3 is 2.81 bits per heavy atom. The van der Waals surface area contributed by atoms with Crippen LogP contribution in [0, 0.1) is 0 Å². The lowest BCUT2D eigenvalue weighted by molar-refractivity contribution is -0.143. The van der Waals surface area contributed by atoms with E-state index in [4.69, 9.17) is 14.2 Å². The van der Waals surface area contributed by atoms with Crippen molar-refractivity contribution in [2.45, 2.75) is 6.04 Å². The van der Waals surface area contributed by atoms with Crippen molar-refractivity contribution in [1.82, 2.24) is 10.2 Å². The molecule has 1 unspecified atom stereocenters. The number of hydrogen-bond donors (Lipinski definition) is 1. The molecule has 1 aliphatic rings. The lowest BCUT2D eigenvalue weighted by Crippen LogP contribution is -2.45. The highest BCUT2D eigenvalue weighted by molar-refractivity contribution is 5.78. The lowest BCUT2D eigenvalue weighted by Gasteiger charge is -2.31. The van der Waals surface area contributed by atoms with E-state index in [0.717, 1.165) is 17.1 Å². The highest BCUT2D eigenvalue weighted by Gasteiger charge is 2.24. The third-order valence-electron chi connectivity index (χ3n) is 3.65. The first-order valence-electron chi connectivity index (χ1n) is 6.94. The summed E-state index contributed by atoms with van der Waals surface area (Å²) in [4.78, 5) is 13.7. The van der Waals surface area contributed by atoms with Gasteiger partial charge in [-0.25, -0.2) is 0 Å². The average molecular weight is 294 g/mol. The number of nitrogens with one attached hydrogen (secondary N) is 1. The fraction of sp³-hybridized carbons (Fsp3) is 0.533. The molecule has 0 saturated carbocycles. The standard InChI is InChI=1S/C15H22N2O4/c1-16-13(9-17-6-7-21-10-15(17)18)12-5-4-11(19-2)8-14(12)20-3/h4-5,8,13,16H,6-7,9-10H2,1-3H3. The molecule has 0 aliphatic carbocycles. The zero-order valence-electron chi connectivity index (χ0n) is 12.7. The molecule has 1 fully saturated rings. The highest BCUT2D eigenvalue weighted by Crippen LogP contribution is 2.30. The summed E-state index contributed by atoms with van der Waals surface area (Å²) in [5.41, 5.74) is 1.00. The predicted octanol–water partition coefficient (Wildman–Crippen LogP) is 0.823. The monoisotopic (exact) mass is 294 g/mol. The summed E-state index contributed by atoms with van der Waals surface area (Å²) in [7, 11) is 5.13. The van der Waals surface area contributed by atoms with Gasteiger partial charge in [0.2, 0.25) is 5.91 Å². The molecule has 1 heterocycles. The van der Waals surface area contributed by atoms with E-state index in [1.165, 1.54) is 0 Å². The Kier molecular flexibility index (Phi) is 5.41.